The first kappa shape index (κ1) is 13.9. The van der Waals surface area contributed by atoms with Crippen molar-refractivity contribution in [1.82, 2.24) is 10.3 Å². The van der Waals surface area contributed by atoms with Gasteiger partial charge in [-0.25, -0.2) is 4.79 Å². The Labute approximate surface area is 115 Å². The van der Waals surface area contributed by atoms with Crippen LogP contribution in [-0.2, 0) is 4.79 Å². The number of benzene rings is 1. The molecular formula is C13H15N3O4. The average molecular weight is 277 g/mol. The molecule has 1 heterocycles. The highest BCUT2D eigenvalue weighted by atomic mass is 16.3. The minimum Gasteiger partial charge on any atom is -0.508 e. The number of hydrogen-bond acceptors (Lipinski definition) is 5. The third-order valence-corrected chi connectivity index (χ3v) is 3.27. The van der Waals surface area contributed by atoms with E-state index in [0.717, 1.165) is 11.1 Å². The molecule has 0 unspecified atom stereocenters. The molecule has 1 aliphatic rings. The fraction of sp³-hybridized carbons (Fsp3) is 0.308. The second-order valence-corrected chi connectivity index (χ2v) is 4.72. The van der Waals surface area contributed by atoms with E-state index in [-0.39, 0.29) is 17.1 Å². The van der Waals surface area contributed by atoms with Crippen molar-refractivity contribution in [2.75, 3.05) is 0 Å². The second-order valence-electron chi connectivity index (χ2n) is 4.72. The zero-order chi connectivity index (χ0) is 14.9. The van der Waals surface area contributed by atoms with Crippen LogP contribution in [0.2, 0.25) is 0 Å². The Balaban J connectivity index is 2.24. The smallest absolute Gasteiger partial charge is 0.346 e. The number of imide groups is 1. The molecule has 1 atom stereocenters. The minimum absolute atomic E-state index is 0.0896. The van der Waals surface area contributed by atoms with Gasteiger partial charge in [0.15, 0.2) is 0 Å². The molecule has 0 aromatic heterocycles. The number of urea groups is 1. The largest absolute Gasteiger partial charge is 0.508 e. The predicted octanol–water partition coefficient (Wildman–Crippen LogP) is 1.15. The summed E-state index contributed by atoms with van der Waals surface area (Å²) in [6.45, 7) is 3.41. The van der Waals surface area contributed by atoms with Crippen LogP contribution >= 0.6 is 0 Å². The Morgan fingerprint density at radius 1 is 1.40 bits per heavy atom. The van der Waals surface area contributed by atoms with Gasteiger partial charge < -0.3 is 15.5 Å². The molecule has 106 valence electrons. The molecule has 0 radical (unpaired) electrons. The molecule has 0 bridgehead atoms. The molecule has 0 spiro atoms. The highest BCUT2D eigenvalue weighted by Crippen LogP contribution is 2.23. The van der Waals surface area contributed by atoms with Crippen molar-refractivity contribution in [3.05, 3.63) is 23.8 Å². The maximum absolute atomic E-state index is 12.1. The number of nitrogens with one attached hydrogen (secondary N) is 1. The topological polar surface area (TPSA) is 102 Å². The van der Waals surface area contributed by atoms with Gasteiger partial charge in [-0.1, -0.05) is 6.92 Å². The monoisotopic (exact) mass is 277 g/mol. The number of carbonyl (C=O) groups excluding carboxylic acids is 2. The predicted molar refractivity (Wildman–Crippen MR) is 71.4 cm³/mol. The number of rotatable bonds is 3. The van der Waals surface area contributed by atoms with Gasteiger partial charge >= 0.3 is 6.03 Å². The summed E-state index contributed by atoms with van der Waals surface area (Å²) in [5, 5.41) is 25.8. The van der Waals surface area contributed by atoms with E-state index in [4.69, 9.17) is 5.11 Å². The van der Waals surface area contributed by atoms with Gasteiger partial charge in [0.1, 0.15) is 17.0 Å². The van der Waals surface area contributed by atoms with E-state index in [1.165, 1.54) is 18.3 Å². The summed E-state index contributed by atoms with van der Waals surface area (Å²) in [4.78, 5) is 23.8. The van der Waals surface area contributed by atoms with E-state index < -0.39 is 17.5 Å². The van der Waals surface area contributed by atoms with Crippen LogP contribution in [0.5, 0.6) is 11.5 Å². The molecule has 7 heteroatoms. The lowest BCUT2D eigenvalue weighted by molar-refractivity contribution is -0.130. The van der Waals surface area contributed by atoms with Crippen LogP contribution in [0.1, 0.15) is 25.8 Å². The van der Waals surface area contributed by atoms with Gasteiger partial charge in [0.2, 0.25) is 0 Å². The third kappa shape index (κ3) is 2.29. The van der Waals surface area contributed by atoms with E-state index in [9.17, 15) is 14.7 Å². The van der Waals surface area contributed by atoms with Crippen molar-refractivity contribution in [3.8, 4) is 11.5 Å². The van der Waals surface area contributed by atoms with Crippen LogP contribution in [0.15, 0.2) is 23.3 Å². The summed E-state index contributed by atoms with van der Waals surface area (Å²) < 4.78 is 0. The molecule has 1 saturated heterocycles. The fourth-order valence-corrected chi connectivity index (χ4v) is 1.77. The number of phenolic OH excluding ortho intramolecular Hbond substituents is 2. The summed E-state index contributed by atoms with van der Waals surface area (Å²) in [5.74, 6) is -0.730. The summed E-state index contributed by atoms with van der Waals surface area (Å²) in [6, 6.07) is 3.33. The lowest BCUT2D eigenvalue weighted by atomic mass is 10.00. The van der Waals surface area contributed by atoms with Crippen molar-refractivity contribution in [3.63, 3.8) is 0 Å². The lowest BCUT2D eigenvalue weighted by Gasteiger charge is -2.17. The van der Waals surface area contributed by atoms with Crippen LogP contribution in [0.4, 0.5) is 4.79 Å². The first-order chi connectivity index (χ1) is 9.37. The van der Waals surface area contributed by atoms with Crippen molar-refractivity contribution in [1.29, 1.82) is 0 Å². The Bertz CT molecular complexity index is 599. The molecule has 3 N–H and O–H groups in total. The molecular weight excluding hydrogens is 262 g/mol. The van der Waals surface area contributed by atoms with Crippen LogP contribution in [0.25, 0.3) is 0 Å². The second kappa shape index (κ2) is 4.84. The van der Waals surface area contributed by atoms with Gasteiger partial charge in [0.05, 0.1) is 6.21 Å². The first-order valence-electron chi connectivity index (χ1n) is 6.10. The van der Waals surface area contributed by atoms with Crippen LogP contribution in [0.3, 0.4) is 0 Å². The Hall–Kier alpha value is -2.57. The summed E-state index contributed by atoms with van der Waals surface area (Å²) in [5.41, 5.74) is -0.667. The minimum atomic E-state index is -0.953. The SMILES string of the molecule is CC[C@]1(C)NC(=O)N(/N=C\c2ccc(O)cc2O)C1=O. The van der Waals surface area contributed by atoms with E-state index in [1.54, 1.807) is 13.8 Å². The van der Waals surface area contributed by atoms with E-state index >= 15 is 0 Å². The van der Waals surface area contributed by atoms with Gasteiger partial charge in [-0.05, 0) is 25.5 Å². The van der Waals surface area contributed by atoms with Gasteiger partial charge in [-0.2, -0.15) is 5.10 Å². The summed E-state index contributed by atoms with van der Waals surface area (Å²) >= 11 is 0. The van der Waals surface area contributed by atoms with E-state index in [0.29, 0.717) is 6.42 Å². The van der Waals surface area contributed by atoms with Crippen LogP contribution in [-0.4, -0.2) is 38.9 Å². The number of hydrogen-bond donors (Lipinski definition) is 3. The quantitative estimate of drug-likeness (QED) is 0.569. The third-order valence-electron chi connectivity index (χ3n) is 3.27. The zero-order valence-corrected chi connectivity index (χ0v) is 11.1. The summed E-state index contributed by atoms with van der Waals surface area (Å²) in [6.07, 6.45) is 1.64. The van der Waals surface area contributed by atoms with Gasteiger partial charge in [0.25, 0.3) is 5.91 Å². The summed E-state index contributed by atoms with van der Waals surface area (Å²) in [7, 11) is 0. The molecule has 0 saturated carbocycles. The number of aromatic hydroxyl groups is 2. The highest BCUT2D eigenvalue weighted by Gasteiger charge is 2.46. The van der Waals surface area contributed by atoms with E-state index in [2.05, 4.69) is 10.4 Å². The standard InChI is InChI=1S/C13H15N3O4/c1-3-13(2)11(19)16(12(20)15-13)14-7-8-4-5-9(17)6-10(8)18/h4-7,17-18H,3H2,1-2H3,(H,15,20)/b14-7-/t13-/m0/s1. The molecule has 1 aromatic rings. The Morgan fingerprint density at radius 2 is 2.10 bits per heavy atom. The van der Waals surface area contributed by atoms with Crippen molar-refractivity contribution in [2.24, 2.45) is 5.10 Å². The molecule has 1 fully saturated rings. The molecule has 2 rings (SSSR count). The van der Waals surface area contributed by atoms with Gasteiger partial charge in [-0.3, -0.25) is 4.79 Å². The van der Waals surface area contributed by atoms with Crippen LogP contribution < -0.4 is 5.32 Å². The molecule has 7 nitrogen and oxygen atoms in total. The lowest BCUT2D eigenvalue weighted by Crippen LogP contribution is -2.42. The van der Waals surface area contributed by atoms with Crippen molar-refractivity contribution in [2.45, 2.75) is 25.8 Å². The average Bonchev–Trinajstić information content (AvgIpc) is 2.61. The normalized spacial score (nSPS) is 22.6. The van der Waals surface area contributed by atoms with E-state index in [1.807, 2.05) is 0 Å². The maximum Gasteiger partial charge on any atom is 0.346 e. The first-order valence-corrected chi connectivity index (χ1v) is 6.10. The zero-order valence-electron chi connectivity index (χ0n) is 11.1. The van der Waals surface area contributed by atoms with Crippen molar-refractivity contribution >= 4 is 18.2 Å². The fourth-order valence-electron chi connectivity index (χ4n) is 1.77. The molecule has 20 heavy (non-hydrogen) atoms. The maximum atomic E-state index is 12.1. The molecule has 1 aromatic carbocycles. The van der Waals surface area contributed by atoms with Gasteiger partial charge in [-0.15, -0.1) is 5.01 Å². The molecule has 1 aliphatic heterocycles. The highest BCUT2D eigenvalue weighted by molar-refractivity contribution is 6.07. The number of hydrazone groups is 1. The van der Waals surface area contributed by atoms with Crippen LogP contribution in [0, 0.1) is 0 Å². The van der Waals surface area contributed by atoms with Gasteiger partial charge in [0, 0.05) is 11.6 Å². The Morgan fingerprint density at radius 3 is 2.65 bits per heavy atom. The number of phenols is 2. The number of carbonyl (C=O) groups is 2. The molecule has 0 aliphatic carbocycles. The van der Waals surface area contributed by atoms with Crippen molar-refractivity contribution < 1.29 is 19.8 Å². The number of nitrogens with zero attached hydrogens (tertiary/aromatic N) is 2. The Kier molecular flexibility index (Phi) is 3.35. The number of amides is 3. The molecule has 3 amide bonds.